The van der Waals surface area contributed by atoms with Gasteiger partial charge in [0.05, 0.1) is 5.66 Å². The molecule has 4 N–H and O–H groups in total. The summed E-state index contributed by atoms with van der Waals surface area (Å²) >= 11 is 6.63. The number of nitrogens with two attached hydrogens (primary N) is 2. The standard InChI is InChI=1S/C6H8Br2N2.ClH/c7-4-1-5(8)3-6(9,10)2-4;/h1-2H,3,9-10H2;1H. The summed E-state index contributed by atoms with van der Waals surface area (Å²) in [6.45, 7) is 0. The number of hydrogen-bond donors (Lipinski definition) is 2. The van der Waals surface area contributed by atoms with Crippen molar-refractivity contribution in [3.8, 4) is 0 Å². The molecule has 0 spiro atoms. The SMILES string of the molecule is Cl.NC1(N)C=C(Br)C=C(Br)C1. The molecule has 0 unspecified atom stereocenters. The van der Waals surface area contributed by atoms with Crippen LogP contribution in [0.4, 0.5) is 0 Å². The van der Waals surface area contributed by atoms with Crippen LogP contribution in [-0.2, 0) is 0 Å². The zero-order valence-corrected chi connectivity index (χ0v) is 9.67. The fraction of sp³-hybridized carbons (Fsp3) is 0.333. The maximum Gasteiger partial charge on any atom is 0.0888 e. The first-order chi connectivity index (χ1) is 4.49. The van der Waals surface area contributed by atoms with Crippen molar-refractivity contribution < 1.29 is 0 Å². The molecule has 0 aromatic carbocycles. The second kappa shape index (κ2) is 4.05. The van der Waals surface area contributed by atoms with E-state index in [0.717, 1.165) is 8.96 Å². The van der Waals surface area contributed by atoms with Gasteiger partial charge in [-0.2, -0.15) is 0 Å². The van der Waals surface area contributed by atoms with Crippen LogP contribution < -0.4 is 11.5 Å². The molecular weight excluding hydrogens is 295 g/mol. The minimum Gasteiger partial charge on any atom is -0.310 e. The van der Waals surface area contributed by atoms with Crippen molar-refractivity contribution in [1.29, 1.82) is 0 Å². The summed E-state index contributed by atoms with van der Waals surface area (Å²) in [7, 11) is 0. The van der Waals surface area contributed by atoms with Gasteiger partial charge in [0.1, 0.15) is 0 Å². The highest BCUT2D eigenvalue weighted by Crippen LogP contribution is 2.27. The Bertz CT molecular complexity index is 211. The summed E-state index contributed by atoms with van der Waals surface area (Å²) in [5, 5.41) is 0. The smallest absolute Gasteiger partial charge is 0.0888 e. The van der Waals surface area contributed by atoms with Gasteiger partial charge in [0.15, 0.2) is 0 Å². The number of halogens is 3. The summed E-state index contributed by atoms with van der Waals surface area (Å²) in [4.78, 5) is 0. The van der Waals surface area contributed by atoms with Crippen molar-refractivity contribution in [2.75, 3.05) is 0 Å². The highest BCUT2D eigenvalue weighted by molar-refractivity contribution is 9.12. The highest BCUT2D eigenvalue weighted by atomic mass is 79.9. The number of allylic oxidation sites excluding steroid dienone is 2. The van der Waals surface area contributed by atoms with Gasteiger partial charge in [0.25, 0.3) is 0 Å². The van der Waals surface area contributed by atoms with Crippen LogP contribution in [0.3, 0.4) is 0 Å². The van der Waals surface area contributed by atoms with Crippen LogP contribution in [0, 0.1) is 0 Å². The first kappa shape index (κ1) is 11.6. The third-order valence-corrected chi connectivity index (χ3v) is 2.14. The monoisotopic (exact) mass is 302 g/mol. The molecule has 0 saturated heterocycles. The lowest BCUT2D eigenvalue weighted by Crippen LogP contribution is -2.48. The van der Waals surface area contributed by atoms with E-state index in [2.05, 4.69) is 31.9 Å². The van der Waals surface area contributed by atoms with E-state index in [0.29, 0.717) is 6.42 Å². The molecule has 0 saturated carbocycles. The molecule has 1 aliphatic rings. The van der Waals surface area contributed by atoms with Gasteiger partial charge in [0, 0.05) is 10.9 Å². The first-order valence-corrected chi connectivity index (χ1v) is 4.40. The van der Waals surface area contributed by atoms with E-state index < -0.39 is 5.66 Å². The number of rotatable bonds is 0. The van der Waals surface area contributed by atoms with Gasteiger partial charge < -0.3 is 11.5 Å². The third kappa shape index (κ3) is 3.71. The summed E-state index contributed by atoms with van der Waals surface area (Å²) in [5.41, 5.74) is 10.6. The lowest BCUT2D eigenvalue weighted by molar-refractivity contribution is 0.553. The lowest BCUT2D eigenvalue weighted by atomic mass is 10.0. The van der Waals surface area contributed by atoms with Gasteiger partial charge in [-0.3, -0.25) is 0 Å². The Morgan fingerprint density at radius 2 is 1.91 bits per heavy atom. The van der Waals surface area contributed by atoms with Crippen molar-refractivity contribution in [1.82, 2.24) is 0 Å². The maximum absolute atomic E-state index is 5.66. The highest BCUT2D eigenvalue weighted by Gasteiger charge is 2.20. The summed E-state index contributed by atoms with van der Waals surface area (Å²) in [6.07, 6.45) is 4.39. The minimum absolute atomic E-state index is 0. The molecule has 2 nitrogen and oxygen atoms in total. The van der Waals surface area contributed by atoms with E-state index in [1.165, 1.54) is 0 Å². The van der Waals surface area contributed by atoms with Crippen molar-refractivity contribution in [3.63, 3.8) is 0 Å². The Labute approximate surface area is 88.7 Å². The third-order valence-electron chi connectivity index (χ3n) is 1.18. The Balaban J connectivity index is 0.000001000. The van der Waals surface area contributed by atoms with Crippen molar-refractivity contribution >= 4 is 44.3 Å². The zero-order chi connectivity index (χ0) is 7.78. The first-order valence-electron chi connectivity index (χ1n) is 2.82. The van der Waals surface area contributed by atoms with Crippen LogP contribution >= 0.6 is 44.3 Å². The molecule has 0 heterocycles. The second-order valence-corrected chi connectivity index (χ2v) is 4.34. The molecule has 0 fully saturated rings. The van der Waals surface area contributed by atoms with E-state index in [1.54, 1.807) is 6.08 Å². The normalized spacial score (nSPS) is 21.5. The van der Waals surface area contributed by atoms with Gasteiger partial charge in [-0.05, 0) is 16.6 Å². The van der Waals surface area contributed by atoms with Crippen molar-refractivity contribution in [2.45, 2.75) is 12.1 Å². The molecule has 0 radical (unpaired) electrons. The fourth-order valence-electron chi connectivity index (χ4n) is 0.843. The molecular formula is C6H9Br2ClN2. The predicted octanol–water partition coefficient (Wildman–Crippen LogP) is 1.98. The average Bonchev–Trinajstić information content (AvgIpc) is 1.54. The van der Waals surface area contributed by atoms with Gasteiger partial charge in [-0.15, -0.1) is 12.4 Å². The minimum atomic E-state index is -0.702. The Morgan fingerprint density at radius 1 is 1.36 bits per heavy atom. The van der Waals surface area contributed by atoms with Crippen LogP contribution in [0.15, 0.2) is 21.1 Å². The van der Waals surface area contributed by atoms with Crippen LogP contribution in [0.1, 0.15) is 6.42 Å². The molecule has 1 rings (SSSR count). The van der Waals surface area contributed by atoms with E-state index in [1.807, 2.05) is 6.08 Å². The van der Waals surface area contributed by atoms with Crippen LogP contribution in [0.5, 0.6) is 0 Å². The quantitative estimate of drug-likeness (QED) is 0.672. The van der Waals surface area contributed by atoms with E-state index in [4.69, 9.17) is 11.5 Å². The molecule has 0 aromatic rings. The average molecular weight is 304 g/mol. The van der Waals surface area contributed by atoms with Crippen LogP contribution in [-0.4, -0.2) is 5.66 Å². The molecule has 11 heavy (non-hydrogen) atoms. The summed E-state index contributed by atoms with van der Waals surface area (Å²) in [6, 6.07) is 0. The molecule has 5 heteroatoms. The molecule has 0 aromatic heterocycles. The zero-order valence-electron chi connectivity index (χ0n) is 5.68. The molecule has 0 bridgehead atoms. The van der Waals surface area contributed by atoms with Gasteiger partial charge >= 0.3 is 0 Å². The van der Waals surface area contributed by atoms with E-state index >= 15 is 0 Å². The maximum atomic E-state index is 5.66. The number of hydrogen-bond acceptors (Lipinski definition) is 2. The topological polar surface area (TPSA) is 52.0 Å². The van der Waals surface area contributed by atoms with Gasteiger partial charge in [0.2, 0.25) is 0 Å². The van der Waals surface area contributed by atoms with Crippen LogP contribution in [0.2, 0.25) is 0 Å². The molecule has 0 aliphatic heterocycles. The second-order valence-electron chi connectivity index (χ2n) is 2.41. The van der Waals surface area contributed by atoms with Crippen molar-refractivity contribution in [2.24, 2.45) is 11.5 Å². The van der Waals surface area contributed by atoms with E-state index in [9.17, 15) is 0 Å². The van der Waals surface area contributed by atoms with Crippen molar-refractivity contribution in [3.05, 3.63) is 21.1 Å². The van der Waals surface area contributed by atoms with Gasteiger partial charge in [-0.25, -0.2) is 0 Å². The van der Waals surface area contributed by atoms with Crippen LogP contribution in [0.25, 0.3) is 0 Å². The predicted molar refractivity (Wildman–Crippen MR) is 57.0 cm³/mol. The summed E-state index contributed by atoms with van der Waals surface area (Å²) < 4.78 is 1.95. The molecule has 64 valence electrons. The summed E-state index contributed by atoms with van der Waals surface area (Å²) in [5.74, 6) is 0. The Hall–Kier alpha value is 0.650. The molecule has 0 amide bonds. The lowest BCUT2D eigenvalue weighted by Gasteiger charge is -2.23. The van der Waals surface area contributed by atoms with E-state index in [-0.39, 0.29) is 12.4 Å². The molecule has 1 aliphatic carbocycles. The van der Waals surface area contributed by atoms with Gasteiger partial charge in [-0.1, -0.05) is 31.9 Å². The fourth-order valence-corrected chi connectivity index (χ4v) is 2.58. The molecule has 0 atom stereocenters. The Kier molecular flexibility index (Phi) is 4.29. The largest absolute Gasteiger partial charge is 0.310 e. The Morgan fingerprint density at radius 3 is 2.27 bits per heavy atom.